The minimum atomic E-state index is 0.0390. The van der Waals surface area contributed by atoms with Crippen LogP contribution in [0.2, 0.25) is 0 Å². The minimum Gasteiger partial charge on any atom is -0.465 e. The van der Waals surface area contributed by atoms with Crippen molar-refractivity contribution in [3.05, 3.63) is 95.4 Å². The van der Waals surface area contributed by atoms with E-state index in [4.69, 9.17) is 4.42 Å². The van der Waals surface area contributed by atoms with Crippen LogP contribution < -0.4 is 0 Å². The van der Waals surface area contributed by atoms with Crippen molar-refractivity contribution in [2.75, 3.05) is 0 Å². The van der Waals surface area contributed by atoms with Crippen molar-refractivity contribution in [1.29, 1.82) is 0 Å². The van der Waals surface area contributed by atoms with Gasteiger partial charge in [0.2, 0.25) is 0 Å². The first-order valence-corrected chi connectivity index (χ1v) is 6.74. The van der Waals surface area contributed by atoms with Gasteiger partial charge in [-0.15, -0.1) is 0 Å². The lowest BCUT2D eigenvalue weighted by atomic mass is 10.0. The number of hydrogen-bond acceptors (Lipinski definition) is 2. The Balaban J connectivity index is 1.77. The molecule has 0 atom stereocenters. The van der Waals surface area contributed by atoms with Gasteiger partial charge in [-0.2, -0.15) is 0 Å². The number of rotatable bonds is 4. The van der Waals surface area contributed by atoms with E-state index in [2.05, 4.69) is 0 Å². The molecule has 0 radical (unpaired) electrons. The van der Waals surface area contributed by atoms with Crippen LogP contribution in [-0.2, 0) is 0 Å². The van der Waals surface area contributed by atoms with Gasteiger partial charge in [0.1, 0.15) is 5.76 Å². The number of ketones is 1. The summed E-state index contributed by atoms with van der Waals surface area (Å²) >= 11 is 0. The zero-order valence-electron chi connectivity index (χ0n) is 11.4. The van der Waals surface area contributed by atoms with Gasteiger partial charge >= 0.3 is 0 Å². The lowest BCUT2D eigenvalue weighted by molar-refractivity contribution is 0.103. The first-order valence-electron chi connectivity index (χ1n) is 6.74. The Labute approximate surface area is 123 Å². The summed E-state index contributed by atoms with van der Waals surface area (Å²) in [6.45, 7) is 0. The Morgan fingerprint density at radius 3 is 2.14 bits per heavy atom. The molecule has 0 amide bonds. The molecule has 1 heterocycles. The van der Waals surface area contributed by atoms with Crippen LogP contribution in [0.4, 0.5) is 0 Å². The fourth-order valence-corrected chi connectivity index (χ4v) is 2.07. The van der Waals surface area contributed by atoms with E-state index in [0.717, 1.165) is 11.3 Å². The Bertz CT molecular complexity index is 736. The van der Waals surface area contributed by atoms with Crippen LogP contribution in [-0.4, -0.2) is 5.78 Å². The standard InChI is InChI=1S/C19H14O2/c20-19(16-5-2-1-3-6-16)17-11-8-15(9-12-17)10-13-18-7-4-14-21-18/h1-14H/b13-10+. The highest BCUT2D eigenvalue weighted by Gasteiger charge is 2.07. The van der Waals surface area contributed by atoms with Gasteiger partial charge in [0.25, 0.3) is 0 Å². The number of carbonyl (C=O) groups is 1. The molecule has 0 aliphatic carbocycles. The van der Waals surface area contributed by atoms with Crippen molar-refractivity contribution in [3.8, 4) is 0 Å². The highest BCUT2D eigenvalue weighted by atomic mass is 16.3. The average molecular weight is 274 g/mol. The fraction of sp³-hybridized carbons (Fsp3) is 0. The summed E-state index contributed by atoms with van der Waals surface area (Å²) in [5.74, 6) is 0.844. The van der Waals surface area contributed by atoms with Crippen molar-refractivity contribution in [1.82, 2.24) is 0 Å². The summed E-state index contributed by atoms with van der Waals surface area (Å²) in [6.07, 6.45) is 5.49. The molecule has 3 aromatic rings. The molecule has 102 valence electrons. The van der Waals surface area contributed by atoms with Crippen molar-refractivity contribution in [2.45, 2.75) is 0 Å². The second-order valence-corrected chi connectivity index (χ2v) is 4.67. The normalized spacial score (nSPS) is 10.9. The Morgan fingerprint density at radius 2 is 1.48 bits per heavy atom. The zero-order valence-corrected chi connectivity index (χ0v) is 11.4. The van der Waals surface area contributed by atoms with Crippen molar-refractivity contribution in [3.63, 3.8) is 0 Å². The SMILES string of the molecule is O=C(c1ccccc1)c1ccc(/C=C/c2ccco2)cc1. The summed E-state index contributed by atoms with van der Waals surface area (Å²) in [6, 6.07) is 20.6. The van der Waals surface area contributed by atoms with Crippen LogP contribution in [0.15, 0.2) is 77.4 Å². The molecule has 3 rings (SSSR count). The van der Waals surface area contributed by atoms with Gasteiger partial charge in [-0.1, -0.05) is 60.7 Å². The largest absolute Gasteiger partial charge is 0.465 e. The predicted molar refractivity (Wildman–Crippen MR) is 84.0 cm³/mol. The molecule has 0 bridgehead atoms. The quantitative estimate of drug-likeness (QED) is 0.646. The van der Waals surface area contributed by atoms with E-state index in [1.165, 1.54) is 0 Å². The smallest absolute Gasteiger partial charge is 0.193 e. The molecule has 2 nitrogen and oxygen atoms in total. The molecule has 0 saturated heterocycles. The highest BCUT2D eigenvalue weighted by Crippen LogP contribution is 2.13. The monoisotopic (exact) mass is 274 g/mol. The van der Waals surface area contributed by atoms with E-state index in [1.54, 1.807) is 6.26 Å². The maximum absolute atomic E-state index is 12.3. The lowest BCUT2D eigenvalue weighted by Gasteiger charge is -2.01. The van der Waals surface area contributed by atoms with Gasteiger partial charge in [0, 0.05) is 11.1 Å². The molecule has 0 spiro atoms. The minimum absolute atomic E-state index is 0.0390. The van der Waals surface area contributed by atoms with E-state index < -0.39 is 0 Å². The maximum atomic E-state index is 12.3. The van der Waals surface area contributed by atoms with E-state index in [0.29, 0.717) is 11.1 Å². The van der Waals surface area contributed by atoms with Crippen molar-refractivity contribution >= 4 is 17.9 Å². The predicted octanol–water partition coefficient (Wildman–Crippen LogP) is 4.68. The molecule has 0 fully saturated rings. The van der Waals surface area contributed by atoms with Gasteiger partial charge in [0.05, 0.1) is 6.26 Å². The number of furan rings is 1. The average Bonchev–Trinajstić information content (AvgIpc) is 3.07. The summed E-state index contributed by atoms with van der Waals surface area (Å²) in [5, 5.41) is 0. The van der Waals surface area contributed by atoms with Gasteiger partial charge in [-0.3, -0.25) is 4.79 Å². The van der Waals surface area contributed by atoms with Gasteiger partial charge in [-0.05, 0) is 23.8 Å². The van der Waals surface area contributed by atoms with E-state index in [-0.39, 0.29) is 5.78 Å². The second kappa shape index (κ2) is 6.06. The van der Waals surface area contributed by atoms with Gasteiger partial charge < -0.3 is 4.42 Å². The molecule has 0 N–H and O–H groups in total. The molecule has 2 aromatic carbocycles. The van der Waals surface area contributed by atoms with Crippen LogP contribution in [0.5, 0.6) is 0 Å². The number of carbonyl (C=O) groups excluding carboxylic acids is 1. The van der Waals surface area contributed by atoms with Crippen molar-refractivity contribution < 1.29 is 9.21 Å². The Morgan fingerprint density at radius 1 is 0.762 bits per heavy atom. The topological polar surface area (TPSA) is 30.2 Å². The van der Waals surface area contributed by atoms with Crippen LogP contribution in [0, 0.1) is 0 Å². The summed E-state index contributed by atoms with van der Waals surface area (Å²) in [4.78, 5) is 12.3. The molecular weight excluding hydrogens is 260 g/mol. The number of benzene rings is 2. The molecule has 0 unspecified atom stereocenters. The van der Waals surface area contributed by atoms with Crippen LogP contribution >= 0.6 is 0 Å². The molecule has 1 aromatic heterocycles. The van der Waals surface area contributed by atoms with E-state index in [1.807, 2.05) is 78.9 Å². The lowest BCUT2D eigenvalue weighted by Crippen LogP contribution is -2.00. The molecule has 21 heavy (non-hydrogen) atoms. The number of hydrogen-bond donors (Lipinski definition) is 0. The third kappa shape index (κ3) is 3.18. The molecule has 2 heteroatoms. The third-order valence-corrected chi connectivity index (χ3v) is 3.19. The zero-order chi connectivity index (χ0) is 14.5. The van der Waals surface area contributed by atoms with E-state index >= 15 is 0 Å². The summed E-state index contributed by atoms with van der Waals surface area (Å²) in [5.41, 5.74) is 2.42. The van der Waals surface area contributed by atoms with E-state index in [9.17, 15) is 4.79 Å². The van der Waals surface area contributed by atoms with Crippen LogP contribution in [0.3, 0.4) is 0 Å². The fourth-order valence-electron chi connectivity index (χ4n) is 2.07. The van der Waals surface area contributed by atoms with Crippen LogP contribution in [0.25, 0.3) is 12.2 Å². The van der Waals surface area contributed by atoms with Crippen LogP contribution in [0.1, 0.15) is 27.2 Å². The molecular formula is C19H14O2. The summed E-state index contributed by atoms with van der Waals surface area (Å²) in [7, 11) is 0. The third-order valence-electron chi connectivity index (χ3n) is 3.19. The van der Waals surface area contributed by atoms with Gasteiger partial charge in [0.15, 0.2) is 5.78 Å². The molecule has 0 aliphatic heterocycles. The van der Waals surface area contributed by atoms with Gasteiger partial charge in [-0.25, -0.2) is 0 Å². The Hall–Kier alpha value is -2.87. The first kappa shape index (κ1) is 13.1. The maximum Gasteiger partial charge on any atom is 0.193 e. The molecule has 0 saturated carbocycles. The summed E-state index contributed by atoms with van der Waals surface area (Å²) < 4.78 is 5.23. The molecule has 0 aliphatic rings. The second-order valence-electron chi connectivity index (χ2n) is 4.67. The first-order chi connectivity index (χ1) is 10.3. The van der Waals surface area contributed by atoms with Crippen molar-refractivity contribution in [2.24, 2.45) is 0 Å². The highest BCUT2D eigenvalue weighted by molar-refractivity contribution is 6.09. The Kier molecular flexibility index (Phi) is 3.79.